The van der Waals surface area contributed by atoms with Gasteiger partial charge >= 0.3 is 0 Å². The molecule has 0 bridgehead atoms. The van der Waals surface area contributed by atoms with Crippen LogP contribution in [0, 0.1) is 11.2 Å². The minimum Gasteiger partial charge on any atom is -0.494 e. The number of methoxy groups -OCH3 is 1. The highest BCUT2D eigenvalue weighted by molar-refractivity contribution is 5.30. The summed E-state index contributed by atoms with van der Waals surface area (Å²) >= 11 is 0. The third-order valence-corrected chi connectivity index (χ3v) is 3.97. The predicted octanol–water partition coefficient (Wildman–Crippen LogP) is 3.17. The van der Waals surface area contributed by atoms with Crippen LogP contribution in [0.15, 0.2) is 18.2 Å². The van der Waals surface area contributed by atoms with Crippen LogP contribution in [0.1, 0.15) is 32.8 Å². The second-order valence-electron chi connectivity index (χ2n) is 7.05. The van der Waals surface area contributed by atoms with Crippen molar-refractivity contribution in [1.82, 2.24) is 5.32 Å². The third-order valence-electron chi connectivity index (χ3n) is 3.97. The molecule has 4 heteroatoms. The highest BCUT2D eigenvalue weighted by Gasteiger charge is 2.36. The predicted molar refractivity (Wildman–Crippen MR) is 82.3 cm³/mol. The van der Waals surface area contributed by atoms with Gasteiger partial charge in [0.05, 0.1) is 13.7 Å². The number of hydrogen-bond donors (Lipinski definition) is 1. The second kappa shape index (κ2) is 6.32. The van der Waals surface area contributed by atoms with Gasteiger partial charge in [0.1, 0.15) is 0 Å². The Labute approximate surface area is 126 Å². The van der Waals surface area contributed by atoms with Crippen LogP contribution in [0.5, 0.6) is 5.75 Å². The van der Waals surface area contributed by atoms with Crippen molar-refractivity contribution in [2.24, 2.45) is 5.41 Å². The van der Waals surface area contributed by atoms with Gasteiger partial charge in [0.25, 0.3) is 0 Å². The van der Waals surface area contributed by atoms with Crippen LogP contribution in [0.2, 0.25) is 0 Å². The van der Waals surface area contributed by atoms with Crippen LogP contribution in [0.4, 0.5) is 4.39 Å². The fraction of sp³-hybridized carbons (Fsp3) is 0.647. The Morgan fingerprint density at radius 1 is 1.38 bits per heavy atom. The van der Waals surface area contributed by atoms with E-state index in [1.807, 2.05) is 6.07 Å². The average Bonchev–Trinajstić information content (AvgIpc) is 2.85. The lowest BCUT2D eigenvalue weighted by Crippen LogP contribution is -2.45. The van der Waals surface area contributed by atoms with E-state index in [0.717, 1.165) is 38.2 Å². The number of ether oxygens (including phenoxy) is 2. The SMILES string of the molecule is COc1ccc(CC2(CNC(C)(C)C)CCOC2)cc1F. The Balaban J connectivity index is 2.10. The van der Waals surface area contributed by atoms with Crippen molar-refractivity contribution in [2.45, 2.75) is 39.2 Å². The molecule has 1 saturated heterocycles. The maximum atomic E-state index is 13.9. The molecule has 1 N–H and O–H groups in total. The summed E-state index contributed by atoms with van der Waals surface area (Å²) in [6.07, 6.45) is 1.82. The van der Waals surface area contributed by atoms with Gasteiger partial charge in [-0.3, -0.25) is 0 Å². The molecule has 1 aromatic rings. The van der Waals surface area contributed by atoms with E-state index in [1.54, 1.807) is 12.1 Å². The van der Waals surface area contributed by atoms with Crippen molar-refractivity contribution in [1.29, 1.82) is 0 Å². The van der Waals surface area contributed by atoms with E-state index in [9.17, 15) is 4.39 Å². The molecule has 0 radical (unpaired) electrons. The molecular formula is C17H26FNO2. The smallest absolute Gasteiger partial charge is 0.165 e. The Kier molecular flexibility index (Phi) is 4.89. The Bertz CT molecular complexity index is 476. The lowest BCUT2D eigenvalue weighted by atomic mass is 9.80. The zero-order chi connectivity index (χ0) is 15.5. The average molecular weight is 295 g/mol. The van der Waals surface area contributed by atoms with Crippen molar-refractivity contribution in [3.8, 4) is 5.75 Å². The first kappa shape index (κ1) is 16.2. The molecule has 3 nitrogen and oxygen atoms in total. The van der Waals surface area contributed by atoms with Gasteiger partial charge in [0.2, 0.25) is 0 Å². The zero-order valence-electron chi connectivity index (χ0n) is 13.5. The number of nitrogens with one attached hydrogen (secondary N) is 1. The van der Waals surface area contributed by atoms with Gasteiger partial charge in [-0.2, -0.15) is 0 Å². The lowest BCUT2D eigenvalue weighted by molar-refractivity contribution is 0.144. The fourth-order valence-corrected chi connectivity index (χ4v) is 2.70. The highest BCUT2D eigenvalue weighted by Crippen LogP contribution is 2.33. The summed E-state index contributed by atoms with van der Waals surface area (Å²) < 4.78 is 24.4. The molecule has 2 rings (SSSR count). The normalized spacial score (nSPS) is 22.5. The maximum Gasteiger partial charge on any atom is 0.165 e. The molecule has 1 aromatic carbocycles. The molecule has 1 aliphatic heterocycles. The van der Waals surface area contributed by atoms with Crippen LogP contribution in [-0.4, -0.2) is 32.4 Å². The van der Waals surface area contributed by atoms with Crippen LogP contribution >= 0.6 is 0 Å². The van der Waals surface area contributed by atoms with Gasteiger partial charge < -0.3 is 14.8 Å². The zero-order valence-corrected chi connectivity index (χ0v) is 13.5. The van der Waals surface area contributed by atoms with E-state index in [1.165, 1.54) is 7.11 Å². The minimum absolute atomic E-state index is 0.0499. The summed E-state index contributed by atoms with van der Waals surface area (Å²) in [6, 6.07) is 5.22. The molecule has 1 aliphatic rings. The van der Waals surface area contributed by atoms with E-state index < -0.39 is 0 Å². The number of hydrogen-bond acceptors (Lipinski definition) is 3. The summed E-state index contributed by atoms with van der Waals surface area (Å²) in [4.78, 5) is 0. The number of benzene rings is 1. The van der Waals surface area contributed by atoms with E-state index in [-0.39, 0.29) is 16.8 Å². The first-order valence-corrected chi connectivity index (χ1v) is 7.49. The molecule has 0 saturated carbocycles. The largest absolute Gasteiger partial charge is 0.494 e. The Hall–Kier alpha value is -1.13. The molecule has 1 atom stereocenters. The summed E-state index contributed by atoms with van der Waals surface area (Å²) in [5, 5.41) is 3.56. The molecule has 1 heterocycles. The van der Waals surface area contributed by atoms with Gasteiger partial charge in [0, 0.05) is 24.1 Å². The lowest BCUT2D eigenvalue weighted by Gasteiger charge is -2.32. The molecule has 0 aliphatic carbocycles. The van der Waals surface area contributed by atoms with Crippen LogP contribution in [0.25, 0.3) is 0 Å². The summed E-state index contributed by atoms with van der Waals surface area (Å²) in [7, 11) is 1.48. The highest BCUT2D eigenvalue weighted by atomic mass is 19.1. The first-order chi connectivity index (χ1) is 9.84. The molecule has 118 valence electrons. The van der Waals surface area contributed by atoms with Crippen molar-refractivity contribution in [2.75, 3.05) is 26.9 Å². The fourth-order valence-electron chi connectivity index (χ4n) is 2.70. The Morgan fingerprint density at radius 2 is 2.14 bits per heavy atom. The van der Waals surface area contributed by atoms with Gasteiger partial charge in [-0.05, 0) is 51.3 Å². The van der Waals surface area contributed by atoms with Gasteiger partial charge in [-0.25, -0.2) is 4.39 Å². The monoisotopic (exact) mass is 295 g/mol. The van der Waals surface area contributed by atoms with Crippen LogP contribution < -0.4 is 10.1 Å². The molecule has 1 fully saturated rings. The molecule has 1 unspecified atom stereocenters. The summed E-state index contributed by atoms with van der Waals surface area (Å²) in [6.45, 7) is 8.86. The first-order valence-electron chi connectivity index (χ1n) is 7.49. The van der Waals surface area contributed by atoms with Gasteiger partial charge in [0.15, 0.2) is 11.6 Å². The second-order valence-corrected chi connectivity index (χ2v) is 7.05. The van der Waals surface area contributed by atoms with Gasteiger partial charge in [-0.15, -0.1) is 0 Å². The molecule has 0 aromatic heterocycles. The van der Waals surface area contributed by atoms with Crippen molar-refractivity contribution in [3.05, 3.63) is 29.6 Å². The number of rotatable bonds is 5. The van der Waals surface area contributed by atoms with E-state index >= 15 is 0 Å². The van der Waals surface area contributed by atoms with Gasteiger partial charge in [-0.1, -0.05) is 6.07 Å². The van der Waals surface area contributed by atoms with Crippen molar-refractivity contribution in [3.63, 3.8) is 0 Å². The van der Waals surface area contributed by atoms with Crippen molar-refractivity contribution >= 4 is 0 Å². The van der Waals surface area contributed by atoms with Crippen molar-refractivity contribution < 1.29 is 13.9 Å². The van der Waals surface area contributed by atoms with Crippen LogP contribution in [0.3, 0.4) is 0 Å². The third kappa shape index (κ3) is 4.42. The standard InChI is InChI=1S/C17H26FNO2/c1-16(2,3)19-11-17(7-8-21-12-17)10-13-5-6-15(20-4)14(18)9-13/h5-6,9,19H,7-8,10-12H2,1-4H3. The maximum absolute atomic E-state index is 13.9. The minimum atomic E-state index is -0.298. The topological polar surface area (TPSA) is 30.5 Å². The summed E-state index contributed by atoms with van der Waals surface area (Å²) in [5.41, 5.74) is 1.12. The number of halogens is 1. The van der Waals surface area contributed by atoms with E-state index in [4.69, 9.17) is 9.47 Å². The Morgan fingerprint density at radius 3 is 2.67 bits per heavy atom. The van der Waals surface area contributed by atoms with E-state index in [2.05, 4.69) is 26.1 Å². The van der Waals surface area contributed by atoms with Crippen LogP contribution in [-0.2, 0) is 11.2 Å². The van der Waals surface area contributed by atoms with E-state index in [0.29, 0.717) is 5.75 Å². The molecular weight excluding hydrogens is 269 g/mol. The molecule has 21 heavy (non-hydrogen) atoms. The quantitative estimate of drug-likeness (QED) is 0.905. The molecule has 0 spiro atoms. The summed E-state index contributed by atoms with van der Waals surface area (Å²) in [5.74, 6) is -0.00358. The molecule has 0 amide bonds.